The molecule has 1 rings (SSSR count). The van der Waals surface area contributed by atoms with Gasteiger partial charge in [0.2, 0.25) is 0 Å². The second-order valence-electron chi connectivity index (χ2n) is 1.22. The van der Waals surface area contributed by atoms with Crippen molar-refractivity contribution >= 4 is 6.34 Å². The molecule has 0 aromatic rings. The van der Waals surface area contributed by atoms with Crippen LogP contribution in [-0.4, -0.2) is 12.9 Å². The lowest BCUT2D eigenvalue weighted by molar-refractivity contribution is 1.03. The van der Waals surface area contributed by atoms with Gasteiger partial charge in [-0.05, 0) is 0 Å². The lowest BCUT2D eigenvalue weighted by Gasteiger charge is -1.87. The molecular formula is C4H6N3. The molecule has 1 aliphatic heterocycles. The Hall–Kier alpha value is -0.830. The molecule has 0 saturated carbocycles. The largest absolute Gasteiger partial charge is 0.325 e. The predicted octanol–water partition coefficient (Wildman–Crippen LogP) is -0.567. The van der Waals surface area contributed by atoms with Crippen LogP contribution in [0.2, 0.25) is 0 Å². The summed E-state index contributed by atoms with van der Waals surface area (Å²) in [5.41, 5.74) is 6.04. The predicted molar refractivity (Wildman–Crippen MR) is 27.8 cm³/mol. The highest BCUT2D eigenvalue weighted by Gasteiger charge is 1.94. The van der Waals surface area contributed by atoms with Gasteiger partial charge < -0.3 is 5.73 Å². The molecule has 2 N–H and O–H groups in total. The molecule has 0 atom stereocenters. The molecule has 0 spiro atoms. The zero-order chi connectivity index (χ0) is 5.11. The van der Waals surface area contributed by atoms with E-state index in [9.17, 15) is 0 Å². The Labute approximate surface area is 41.9 Å². The first-order valence-electron chi connectivity index (χ1n) is 2.05. The van der Waals surface area contributed by atoms with Gasteiger partial charge in [-0.2, -0.15) is 0 Å². The van der Waals surface area contributed by atoms with Crippen LogP contribution in [-0.2, 0) is 0 Å². The highest BCUT2D eigenvalue weighted by Crippen LogP contribution is 1.91. The summed E-state index contributed by atoms with van der Waals surface area (Å²) in [6.07, 6.45) is 3.14. The lowest BCUT2D eigenvalue weighted by atomic mass is 10.5. The fraction of sp³-hybridized carbons (Fsp3) is 0.250. The number of hydrogen-bond acceptors (Lipinski definition) is 2. The molecule has 0 saturated heterocycles. The van der Waals surface area contributed by atoms with Crippen LogP contribution in [0.4, 0.5) is 0 Å². The van der Waals surface area contributed by atoms with Crippen LogP contribution in [0.15, 0.2) is 16.9 Å². The van der Waals surface area contributed by atoms with E-state index in [-0.39, 0.29) is 0 Å². The molecule has 0 unspecified atom stereocenters. The minimum atomic E-state index is 0.486. The fourth-order valence-corrected chi connectivity index (χ4v) is 0.366. The second-order valence-corrected chi connectivity index (χ2v) is 1.22. The Morgan fingerprint density at radius 3 is 2.86 bits per heavy atom. The maximum atomic E-state index is 5.19. The molecule has 37 valence electrons. The summed E-state index contributed by atoms with van der Waals surface area (Å²) in [6.45, 7) is 0.486. The van der Waals surface area contributed by atoms with Crippen LogP contribution < -0.4 is 11.1 Å². The zero-order valence-electron chi connectivity index (χ0n) is 3.83. The monoisotopic (exact) mass is 96.1 g/mol. The van der Waals surface area contributed by atoms with Gasteiger partial charge in [0.1, 0.15) is 6.34 Å². The topological polar surface area (TPSA) is 52.5 Å². The average Bonchev–Trinajstić information content (AvgIpc) is 2.14. The van der Waals surface area contributed by atoms with E-state index in [2.05, 4.69) is 10.3 Å². The van der Waals surface area contributed by atoms with Crippen molar-refractivity contribution in [2.75, 3.05) is 6.54 Å². The smallest absolute Gasteiger partial charge is 0.115 e. The Bertz CT molecular complexity index is 114. The van der Waals surface area contributed by atoms with E-state index >= 15 is 0 Å². The first-order chi connectivity index (χ1) is 3.43. The maximum Gasteiger partial charge on any atom is 0.115 e. The molecule has 0 fully saturated rings. The van der Waals surface area contributed by atoms with E-state index in [1.54, 1.807) is 6.20 Å². The Balaban J connectivity index is 2.45. The van der Waals surface area contributed by atoms with E-state index in [0.717, 1.165) is 5.70 Å². The van der Waals surface area contributed by atoms with Crippen molar-refractivity contribution in [2.45, 2.75) is 0 Å². The zero-order valence-corrected chi connectivity index (χ0v) is 3.83. The van der Waals surface area contributed by atoms with Gasteiger partial charge in [0, 0.05) is 6.54 Å². The molecule has 3 heteroatoms. The van der Waals surface area contributed by atoms with Crippen molar-refractivity contribution in [2.24, 2.45) is 10.7 Å². The van der Waals surface area contributed by atoms with Gasteiger partial charge in [0.05, 0.1) is 11.9 Å². The minimum Gasteiger partial charge on any atom is -0.325 e. The molecule has 3 nitrogen and oxygen atoms in total. The third-order valence-corrected chi connectivity index (χ3v) is 0.723. The molecule has 0 amide bonds. The number of rotatable bonds is 1. The van der Waals surface area contributed by atoms with Gasteiger partial charge in [-0.25, -0.2) is 10.3 Å². The van der Waals surface area contributed by atoms with E-state index in [0.29, 0.717) is 6.54 Å². The summed E-state index contributed by atoms with van der Waals surface area (Å²) in [5, 5.41) is 3.80. The first-order valence-corrected chi connectivity index (χ1v) is 2.05. The Kier molecular flexibility index (Phi) is 1.08. The molecule has 0 aromatic carbocycles. The number of aliphatic imine (C=N–C) groups is 1. The number of nitrogens with zero attached hydrogens (tertiary/aromatic N) is 2. The summed E-state index contributed by atoms with van der Waals surface area (Å²) < 4.78 is 0. The molecule has 0 aromatic heterocycles. The molecule has 7 heavy (non-hydrogen) atoms. The second kappa shape index (κ2) is 1.75. The highest BCUT2D eigenvalue weighted by molar-refractivity contribution is 5.61. The van der Waals surface area contributed by atoms with Crippen molar-refractivity contribution < 1.29 is 0 Å². The van der Waals surface area contributed by atoms with E-state index in [4.69, 9.17) is 5.73 Å². The van der Waals surface area contributed by atoms with Gasteiger partial charge in [-0.3, -0.25) is 0 Å². The molecule has 0 bridgehead atoms. The van der Waals surface area contributed by atoms with Crippen molar-refractivity contribution in [3.05, 3.63) is 11.9 Å². The highest BCUT2D eigenvalue weighted by atomic mass is 15.0. The third-order valence-electron chi connectivity index (χ3n) is 0.723. The molecular weight excluding hydrogens is 90.1 g/mol. The van der Waals surface area contributed by atoms with Crippen LogP contribution in [0.5, 0.6) is 0 Å². The van der Waals surface area contributed by atoms with Crippen molar-refractivity contribution in [3.8, 4) is 0 Å². The van der Waals surface area contributed by atoms with E-state index < -0.39 is 0 Å². The summed E-state index contributed by atoms with van der Waals surface area (Å²) in [4.78, 5) is 3.70. The van der Waals surface area contributed by atoms with E-state index in [1.807, 2.05) is 0 Å². The minimum absolute atomic E-state index is 0.486. The fourth-order valence-electron chi connectivity index (χ4n) is 0.366. The summed E-state index contributed by atoms with van der Waals surface area (Å²) in [5.74, 6) is 0. The van der Waals surface area contributed by atoms with Crippen LogP contribution in [0, 0.1) is 0 Å². The normalized spacial score (nSPS) is 16.4. The van der Waals surface area contributed by atoms with Crippen molar-refractivity contribution in [1.29, 1.82) is 0 Å². The van der Waals surface area contributed by atoms with Crippen molar-refractivity contribution in [1.82, 2.24) is 5.32 Å². The van der Waals surface area contributed by atoms with Gasteiger partial charge >= 0.3 is 0 Å². The van der Waals surface area contributed by atoms with Crippen molar-refractivity contribution in [3.63, 3.8) is 0 Å². The van der Waals surface area contributed by atoms with Gasteiger partial charge in [-0.15, -0.1) is 0 Å². The summed E-state index contributed by atoms with van der Waals surface area (Å²) in [6, 6.07) is 0. The SMILES string of the molecule is NCC1=CN=C[N]1. The number of hydrogen-bond donors (Lipinski definition) is 1. The van der Waals surface area contributed by atoms with Gasteiger partial charge in [-0.1, -0.05) is 0 Å². The molecule has 1 heterocycles. The third kappa shape index (κ3) is 0.778. The molecule has 0 aliphatic carbocycles. The molecule has 1 aliphatic rings. The van der Waals surface area contributed by atoms with E-state index in [1.165, 1.54) is 6.34 Å². The Morgan fingerprint density at radius 2 is 2.57 bits per heavy atom. The molecule has 1 radical (unpaired) electrons. The standard InChI is InChI=1S/C4H6N3/c5-1-4-2-6-3-7-4/h2-3H,1,5H2. The van der Waals surface area contributed by atoms with Crippen LogP contribution in [0.1, 0.15) is 0 Å². The summed E-state index contributed by atoms with van der Waals surface area (Å²) >= 11 is 0. The maximum absolute atomic E-state index is 5.19. The lowest BCUT2D eigenvalue weighted by Crippen LogP contribution is -2.08. The average molecular weight is 96.1 g/mol. The van der Waals surface area contributed by atoms with Crippen LogP contribution in [0.3, 0.4) is 0 Å². The van der Waals surface area contributed by atoms with Gasteiger partial charge in [0.15, 0.2) is 0 Å². The quantitative estimate of drug-likeness (QED) is 0.467. The first kappa shape index (κ1) is 4.33. The number of nitrogens with two attached hydrogens (primary N) is 1. The Morgan fingerprint density at radius 1 is 1.71 bits per heavy atom. The van der Waals surface area contributed by atoms with Gasteiger partial charge in [0.25, 0.3) is 0 Å². The van der Waals surface area contributed by atoms with Crippen LogP contribution in [0.25, 0.3) is 0 Å². The summed E-state index contributed by atoms with van der Waals surface area (Å²) in [7, 11) is 0. The van der Waals surface area contributed by atoms with Crippen LogP contribution >= 0.6 is 0 Å².